The second kappa shape index (κ2) is 4.57. The van der Waals surface area contributed by atoms with Crippen LogP contribution < -0.4 is 5.32 Å². The molecule has 0 radical (unpaired) electrons. The van der Waals surface area contributed by atoms with Crippen molar-refractivity contribution in [2.45, 2.75) is 13.0 Å². The van der Waals surface area contributed by atoms with Gasteiger partial charge in [-0.05, 0) is 19.1 Å². The lowest BCUT2D eigenvalue weighted by Gasteiger charge is -2.11. The van der Waals surface area contributed by atoms with Crippen LogP contribution in [0.5, 0.6) is 0 Å². The number of nitrogens with zero attached hydrogens (tertiary/aromatic N) is 2. The minimum atomic E-state index is -0.143. The average Bonchev–Trinajstić information content (AvgIpc) is 2.83. The van der Waals surface area contributed by atoms with Crippen LogP contribution in [-0.2, 0) is 0 Å². The summed E-state index contributed by atoms with van der Waals surface area (Å²) in [7, 11) is 0. The van der Waals surface area contributed by atoms with Gasteiger partial charge in [0.05, 0.1) is 6.04 Å². The lowest BCUT2D eigenvalue weighted by molar-refractivity contribution is 0.0938. The molecule has 1 amide bonds. The van der Waals surface area contributed by atoms with Crippen LogP contribution >= 0.6 is 0 Å². The molecule has 0 fully saturated rings. The molecule has 0 saturated heterocycles. The summed E-state index contributed by atoms with van der Waals surface area (Å²) in [5.41, 5.74) is 0.591. The van der Waals surface area contributed by atoms with E-state index in [1.807, 2.05) is 6.92 Å². The molecule has 0 aliphatic heterocycles. The number of hydrogen-bond donors (Lipinski definition) is 2. The third kappa shape index (κ3) is 2.25. The summed E-state index contributed by atoms with van der Waals surface area (Å²) in [4.78, 5) is 22.7. The van der Waals surface area contributed by atoms with Gasteiger partial charge in [0.1, 0.15) is 5.82 Å². The van der Waals surface area contributed by atoms with E-state index in [-0.39, 0.29) is 11.9 Å². The third-order valence-corrected chi connectivity index (χ3v) is 2.22. The van der Waals surface area contributed by atoms with Crippen molar-refractivity contribution < 1.29 is 4.79 Å². The van der Waals surface area contributed by atoms with Crippen LogP contribution in [0.3, 0.4) is 0 Å². The molecule has 1 atom stereocenters. The first kappa shape index (κ1) is 10.4. The van der Waals surface area contributed by atoms with Crippen molar-refractivity contribution in [3.05, 3.63) is 48.3 Å². The number of imidazole rings is 1. The SMILES string of the molecule is CC(NC(=O)c1ccncc1)c1ncc[nH]1. The lowest BCUT2D eigenvalue weighted by atomic mass is 10.2. The number of H-pyrrole nitrogens is 1. The fraction of sp³-hybridized carbons (Fsp3) is 0.182. The normalized spacial score (nSPS) is 12.1. The highest BCUT2D eigenvalue weighted by molar-refractivity contribution is 5.94. The Hall–Kier alpha value is -2.17. The first-order valence-electron chi connectivity index (χ1n) is 4.97. The molecule has 2 N–H and O–H groups in total. The number of aromatic amines is 1. The largest absolute Gasteiger partial charge is 0.347 e. The average molecular weight is 216 g/mol. The second-order valence-electron chi connectivity index (χ2n) is 3.41. The maximum absolute atomic E-state index is 11.8. The van der Waals surface area contributed by atoms with Crippen LogP contribution in [0.15, 0.2) is 36.9 Å². The standard InChI is InChI=1S/C11H12N4O/c1-8(10-13-6-7-14-10)15-11(16)9-2-4-12-5-3-9/h2-8H,1H3,(H,13,14)(H,15,16). The fourth-order valence-electron chi connectivity index (χ4n) is 1.37. The first-order valence-corrected chi connectivity index (χ1v) is 4.97. The van der Waals surface area contributed by atoms with Crippen molar-refractivity contribution in [1.82, 2.24) is 20.3 Å². The Morgan fingerprint density at radius 3 is 2.75 bits per heavy atom. The van der Waals surface area contributed by atoms with E-state index < -0.39 is 0 Å². The third-order valence-electron chi connectivity index (χ3n) is 2.22. The van der Waals surface area contributed by atoms with E-state index >= 15 is 0 Å². The summed E-state index contributed by atoms with van der Waals surface area (Å²) >= 11 is 0. The predicted molar refractivity (Wildman–Crippen MR) is 58.7 cm³/mol. The van der Waals surface area contributed by atoms with Crippen LogP contribution in [0.1, 0.15) is 29.1 Å². The number of nitrogens with one attached hydrogen (secondary N) is 2. The van der Waals surface area contributed by atoms with Crippen LogP contribution in [0.25, 0.3) is 0 Å². The summed E-state index contributed by atoms with van der Waals surface area (Å²) in [6, 6.07) is 3.20. The van der Waals surface area contributed by atoms with E-state index in [0.29, 0.717) is 5.56 Å². The van der Waals surface area contributed by atoms with Crippen LogP contribution in [0, 0.1) is 0 Å². The molecule has 0 aromatic carbocycles. The van der Waals surface area contributed by atoms with Gasteiger partial charge in [-0.2, -0.15) is 0 Å². The monoisotopic (exact) mass is 216 g/mol. The lowest BCUT2D eigenvalue weighted by Crippen LogP contribution is -2.27. The minimum absolute atomic E-state index is 0.133. The van der Waals surface area contributed by atoms with Crippen molar-refractivity contribution in [2.75, 3.05) is 0 Å². The Bertz CT molecular complexity index is 452. The highest BCUT2D eigenvalue weighted by atomic mass is 16.1. The van der Waals surface area contributed by atoms with E-state index in [1.165, 1.54) is 0 Å². The van der Waals surface area contributed by atoms with E-state index in [0.717, 1.165) is 5.82 Å². The summed E-state index contributed by atoms with van der Waals surface area (Å²) in [5.74, 6) is 0.605. The zero-order chi connectivity index (χ0) is 11.4. The van der Waals surface area contributed by atoms with Crippen molar-refractivity contribution >= 4 is 5.91 Å². The second-order valence-corrected chi connectivity index (χ2v) is 3.41. The van der Waals surface area contributed by atoms with Gasteiger partial charge in [-0.25, -0.2) is 4.98 Å². The van der Waals surface area contributed by atoms with Crippen molar-refractivity contribution in [2.24, 2.45) is 0 Å². The van der Waals surface area contributed by atoms with Gasteiger partial charge in [-0.3, -0.25) is 9.78 Å². The van der Waals surface area contributed by atoms with Crippen molar-refractivity contribution in [1.29, 1.82) is 0 Å². The molecule has 0 spiro atoms. The summed E-state index contributed by atoms with van der Waals surface area (Å²) in [5, 5.41) is 2.84. The minimum Gasteiger partial charge on any atom is -0.347 e. The van der Waals surface area contributed by atoms with E-state index in [2.05, 4.69) is 20.3 Å². The molecule has 2 rings (SSSR count). The Balaban J connectivity index is 2.03. The smallest absolute Gasteiger partial charge is 0.251 e. The number of carbonyl (C=O) groups is 1. The van der Waals surface area contributed by atoms with Gasteiger partial charge >= 0.3 is 0 Å². The molecule has 0 aliphatic rings. The van der Waals surface area contributed by atoms with E-state index in [4.69, 9.17) is 0 Å². The van der Waals surface area contributed by atoms with E-state index in [9.17, 15) is 4.79 Å². The van der Waals surface area contributed by atoms with Crippen molar-refractivity contribution in [3.63, 3.8) is 0 Å². The molecule has 0 bridgehead atoms. The summed E-state index contributed by atoms with van der Waals surface area (Å²) < 4.78 is 0. The van der Waals surface area contributed by atoms with Gasteiger partial charge in [-0.1, -0.05) is 0 Å². The molecule has 82 valence electrons. The molecule has 0 aliphatic carbocycles. The Labute approximate surface area is 92.9 Å². The molecule has 2 aromatic heterocycles. The summed E-state index contributed by atoms with van der Waals surface area (Å²) in [6.07, 6.45) is 6.56. The maximum Gasteiger partial charge on any atom is 0.251 e. The van der Waals surface area contributed by atoms with Crippen LogP contribution in [0.2, 0.25) is 0 Å². The molecule has 16 heavy (non-hydrogen) atoms. The van der Waals surface area contributed by atoms with E-state index in [1.54, 1.807) is 36.9 Å². The highest BCUT2D eigenvalue weighted by Crippen LogP contribution is 2.06. The zero-order valence-corrected chi connectivity index (χ0v) is 8.84. The first-order chi connectivity index (χ1) is 7.77. The van der Waals surface area contributed by atoms with Gasteiger partial charge in [0.2, 0.25) is 0 Å². The number of carbonyl (C=O) groups excluding carboxylic acids is 1. The molecular formula is C11H12N4O. The molecule has 2 heterocycles. The number of rotatable bonds is 3. The number of aromatic nitrogens is 3. The predicted octanol–water partition coefficient (Wildman–Crippen LogP) is 1.30. The molecule has 0 saturated carbocycles. The molecule has 5 nitrogen and oxygen atoms in total. The number of pyridine rings is 1. The summed E-state index contributed by atoms with van der Waals surface area (Å²) in [6.45, 7) is 1.87. The number of hydrogen-bond acceptors (Lipinski definition) is 3. The Morgan fingerprint density at radius 2 is 2.12 bits per heavy atom. The van der Waals surface area contributed by atoms with Gasteiger partial charge in [0, 0.05) is 30.4 Å². The molecule has 2 aromatic rings. The Morgan fingerprint density at radius 1 is 1.38 bits per heavy atom. The topological polar surface area (TPSA) is 70.7 Å². The highest BCUT2D eigenvalue weighted by Gasteiger charge is 2.12. The van der Waals surface area contributed by atoms with Gasteiger partial charge < -0.3 is 10.3 Å². The maximum atomic E-state index is 11.8. The molecule has 5 heteroatoms. The van der Waals surface area contributed by atoms with Gasteiger partial charge in [0.25, 0.3) is 5.91 Å². The molecule has 1 unspecified atom stereocenters. The Kier molecular flexibility index (Phi) is 2.95. The van der Waals surface area contributed by atoms with Crippen LogP contribution in [0.4, 0.5) is 0 Å². The molecular weight excluding hydrogens is 204 g/mol. The fourth-order valence-corrected chi connectivity index (χ4v) is 1.37. The van der Waals surface area contributed by atoms with Crippen LogP contribution in [-0.4, -0.2) is 20.9 Å². The van der Waals surface area contributed by atoms with Gasteiger partial charge in [-0.15, -0.1) is 0 Å². The van der Waals surface area contributed by atoms with Crippen molar-refractivity contribution in [3.8, 4) is 0 Å². The number of amides is 1. The van der Waals surface area contributed by atoms with Gasteiger partial charge in [0.15, 0.2) is 0 Å². The quantitative estimate of drug-likeness (QED) is 0.812. The zero-order valence-electron chi connectivity index (χ0n) is 8.84.